The first-order chi connectivity index (χ1) is 28.5. The number of hydrogen-bond acceptors (Lipinski definition) is 3. The minimum absolute atomic E-state index is 0.203. The summed E-state index contributed by atoms with van der Waals surface area (Å²) in [4.78, 5) is 2.45. The molecule has 11 aromatic rings. The predicted octanol–water partition coefficient (Wildman–Crippen LogP) is 15.7. The molecule has 2 aromatic heterocycles. The summed E-state index contributed by atoms with van der Waals surface area (Å²) < 4.78 is 12.8. The minimum atomic E-state index is -0.203. The van der Waals surface area contributed by atoms with Crippen LogP contribution in [0.2, 0.25) is 0 Å². The van der Waals surface area contributed by atoms with Gasteiger partial charge in [0.15, 0.2) is 0 Å². The summed E-state index contributed by atoms with van der Waals surface area (Å²) in [5, 5.41) is 6.84. The largest absolute Gasteiger partial charge is 0.456 e. The maximum Gasteiger partial charge on any atom is 0.143 e. The Hall–Kier alpha value is -7.36. The summed E-state index contributed by atoms with van der Waals surface area (Å²) in [6.45, 7) is 4.73. The SMILES string of the molecule is CC1(C)c2ccccc2-c2cccc(N(c3ccc(-c4ccc5oc6ccccc6c5c4)cc3)c3cccc(-c4cccc5oc6c7ccccc7ccc6c45)c3)c21. The molecular formula is C55H37NO2. The Morgan fingerprint density at radius 2 is 1.12 bits per heavy atom. The second-order valence-corrected chi connectivity index (χ2v) is 16.1. The Labute approximate surface area is 336 Å². The molecule has 0 unspecified atom stereocenters. The molecule has 2 heterocycles. The van der Waals surface area contributed by atoms with Crippen LogP contribution >= 0.6 is 0 Å². The standard InChI is InChI=1S/C55H37NO2/c1-55(2)47-20-7-5-16-42(47)44-19-10-21-48(53(44)55)56(38-28-24-34(25-29-38)36-27-31-50-46(33-36)43-17-6-8-22-49(43)57-50)39-14-9-13-37(32-39)40-18-11-23-51-52(40)45-30-26-35-12-3-4-15-41(35)54(45)58-51/h3-33H,1-2H3. The fourth-order valence-corrected chi connectivity index (χ4v) is 9.75. The van der Waals surface area contributed by atoms with Crippen molar-refractivity contribution in [2.75, 3.05) is 4.90 Å². The lowest BCUT2D eigenvalue weighted by Gasteiger charge is -2.32. The molecule has 12 rings (SSSR count). The summed E-state index contributed by atoms with van der Waals surface area (Å²) in [6.07, 6.45) is 0. The van der Waals surface area contributed by atoms with Crippen molar-refractivity contribution >= 4 is 71.7 Å². The molecule has 0 aliphatic heterocycles. The number of hydrogen-bond donors (Lipinski definition) is 0. The molecule has 0 fully saturated rings. The maximum atomic E-state index is 6.62. The third-order valence-electron chi connectivity index (χ3n) is 12.4. The lowest BCUT2D eigenvalue weighted by Crippen LogP contribution is -2.20. The number of anilines is 3. The summed E-state index contributed by atoms with van der Waals surface area (Å²) in [5.41, 5.74) is 16.7. The van der Waals surface area contributed by atoms with Crippen LogP contribution in [0.3, 0.4) is 0 Å². The van der Waals surface area contributed by atoms with E-state index in [1.807, 2.05) is 12.1 Å². The topological polar surface area (TPSA) is 29.5 Å². The van der Waals surface area contributed by atoms with Gasteiger partial charge in [0.05, 0.1) is 5.69 Å². The first kappa shape index (κ1) is 32.8. The molecule has 0 saturated carbocycles. The monoisotopic (exact) mass is 743 g/mol. The van der Waals surface area contributed by atoms with E-state index in [1.165, 1.54) is 33.3 Å². The van der Waals surface area contributed by atoms with E-state index >= 15 is 0 Å². The van der Waals surface area contributed by atoms with E-state index in [0.717, 1.165) is 82.9 Å². The van der Waals surface area contributed by atoms with E-state index in [1.54, 1.807) is 0 Å². The summed E-state index contributed by atoms with van der Waals surface area (Å²) in [5.74, 6) is 0. The molecule has 9 aromatic carbocycles. The van der Waals surface area contributed by atoms with Crippen molar-refractivity contribution in [2.24, 2.45) is 0 Å². The third-order valence-corrected chi connectivity index (χ3v) is 12.4. The van der Waals surface area contributed by atoms with E-state index in [-0.39, 0.29) is 5.41 Å². The molecule has 0 radical (unpaired) electrons. The van der Waals surface area contributed by atoms with Crippen LogP contribution in [-0.2, 0) is 5.41 Å². The van der Waals surface area contributed by atoms with E-state index in [2.05, 4.69) is 195 Å². The van der Waals surface area contributed by atoms with Crippen LogP contribution in [0.15, 0.2) is 197 Å². The van der Waals surface area contributed by atoms with Gasteiger partial charge in [0, 0.05) is 43.7 Å². The first-order valence-electron chi connectivity index (χ1n) is 20.0. The average Bonchev–Trinajstić information content (AvgIpc) is 3.92. The fraction of sp³-hybridized carbons (Fsp3) is 0.0545. The average molecular weight is 744 g/mol. The van der Waals surface area contributed by atoms with Gasteiger partial charge in [-0.25, -0.2) is 0 Å². The van der Waals surface area contributed by atoms with Crippen LogP contribution in [0.4, 0.5) is 17.1 Å². The fourth-order valence-electron chi connectivity index (χ4n) is 9.75. The number of para-hydroxylation sites is 1. The Bertz CT molecular complexity index is 3440. The summed E-state index contributed by atoms with van der Waals surface area (Å²) >= 11 is 0. The van der Waals surface area contributed by atoms with Crippen LogP contribution in [0, 0.1) is 0 Å². The summed E-state index contributed by atoms with van der Waals surface area (Å²) in [6, 6.07) is 67.8. The molecule has 1 aliphatic carbocycles. The zero-order valence-electron chi connectivity index (χ0n) is 32.2. The minimum Gasteiger partial charge on any atom is -0.456 e. The lowest BCUT2D eigenvalue weighted by atomic mass is 9.81. The molecule has 0 saturated heterocycles. The van der Waals surface area contributed by atoms with Crippen LogP contribution in [0.25, 0.3) is 88.0 Å². The van der Waals surface area contributed by atoms with Gasteiger partial charge in [-0.05, 0) is 111 Å². The molecule has 0 spiro atoms. The van der Waals surface area contributed by atoms with Gasteiger partial charge in [0.2, 0.25) is 0 Å². The Kier molecular flexibility index (Phi) is 6.98. The van der Waals surface area contributed by atoms with Gasteiger partial charge >= 0.3 is 0 Å². The van der Waals surface area contributed by atoms with Crippen LogP contribution in [-0.4, -0.2) is 0 Å². The first-order valence-corrected chi connectivity index (χ1v) is 20.0. The van der Waals surface area contributed by atoms with E-state index in [0.29, 0.717) is 0 Å². The van der Waals surface area contributed by atoms with Gasteiger partial charge in [-0.3, -0.25) is 0 Å². The summed E-state index contributed by atoms with van der Waals surface area (Å²) in [7, 11) is 0. The lowest BCUT2D eigenvalue weighted by molar-refractivity contribution is 0.661. The highest BCUT2D eigenvalue weighted by Gasteiger charge is 2.38. The maximum absolute atomic E-state index is 6.62. The molecule has 3 heteroatoms. The zero-order chi connectivity index (χ0) is 38.5. The van der Waals surface area contributed by atoms with Gasteiger partial charge in [0.25, 0.3) is 0 Å². The number of furan rings is 2. The van der Waals surface area contributed by atoms with Crippen molar-refractivity contribution < 1.29 is 8.83 Å². The second-order valence-electron chi connectivity index (χ2n) is 16.1. The Morgan fingerprint density at radius 3 is 2.03 bits per heavy atom. The number of fused-ring (bicyclic) bond motifs is 11. The van der Waals surface area contributed by atoms with E-state index in [9.17, 15) is 0 Å². The Morgan fingerprint density at radius 1 is 0.414 bits per heavy atom. The van der Waals surface area contributed by atoms with Crippen LogP contribution in [0.5, 0.6) is 0 Å². The van der Waals surface area contributed by atoms with Crippen molar-refractivity contribution in [3.63, 3.8) is 0 Å². The van der Waals surface area contributed by atoms with Crippen molar-refractivity contribution in [1.29, 1.82) is 0 Å². The van der Waals surface area contributed by atoms with Crippen molar-refractivity contribution in [2.45, 2.75) is 19.3 Å². The normalized spacial score (nSPS) is 13.1. The highest BCUT2D eigenvalue weighted by molar-refractivity contribution is 6.19. The van der Waals surface area contributed by atoms with Gasteiger partial charge in [0.1, 0.15) is 22.3 Å². The van der Waals surface area contributed by atoms with Gasteiger partial charge in [-0.2, -0.15) is 0 Å². The Balaban J connectivity index is 1.04. The highest BCUT2D eigenvalue weighted by atomic mass is 16.3. The molecule has 274 valence electrons. The predicted molar refractivity (Wildman–Crippen MR) is 242 cm³/mol. The van der Waals surface area contributed by atoms with Crippen LogP contribution in [0.1, 0.15) is 25.0 Å². The smallest absolute Gasteiger partial charge is 0.143 e. The zero-order valence-corrected chi connectivity index (χ0v) is 32.2. The van der Waals surface area contributed by atoms with Crippen molar-refractivity contribution in [1.82, 2.24) is 0 Å². The molecule has 0 bridgehead atoms. The molecule has 0 atom stereocenters. The van der Waals surface area contributed by atoms with E-state index in [4.69, 9.17) is 8.83 Å². The second kappa shape index (κ2) is 12.3. The molecule has 58 heavy (non-hydrogen) atoms. The van der Waals surface area contributed by atoms with E-state index < -0.39 is 0 Å². The highest BCUT2D eigenvalue weighted by Crippen LogP contribution is 2.54. The molecule has 0 amide bonds. The number of benzene rings is 9. The molecule has 1 aliphatic rings. The number of rotatable bonds is 5. The van der Waals surface area contributed by atoms with Crippen molar-refractivity contribution in [3.8, 4) is 33.4 Å². The quantitative estimate of drug-likeness (QED) is 0.176. The molecule has 0 N–H and O–H groups in total. The van der Waals surface area contributed by atoms with Crippen LogP contribution < -0.4 is 4.90 Å². The molecule has 3 nitrogen and oxygen atoms in total. The number of nitrogens with zero attached hydrogens (tertiary/aromatic N) is 1. The van der Waals surface area contributed by atoms with Gasteiger partial charge < -0.3 is 13.7 Å². The van der Waals surface area contributed by atoms with Crippen molar-refractivity contribution in [3.05, 3.63) is 199 Å². The van der Waals surface area contributed by atoms with Gasteiger partial charge in [-0.15, -0.1) is 0 Å². The molecular weight excluding hydrogens is 707 g/mol. The third kappa shape index (κ3) is 4.80. The van der Waals surface area contributed by atoms with Gasteiger partial charge in [-0.1, -0.05) is 141 Å².